The summed E-state index contributed by atoms with van der Waals surface area (Å²) in [6, 6.07) is 10.9. The number of benzene rings is 2. The molecule has 2 heterocycles. The Morgan fingerprint density at radius 1 is 1.22 bits per heavy atom. The van der Waals surface area contributed by atoms with Crippen molar-refractivity contribution >= 4 is 35.1 Å². The number of imidazole rings is 1. The lowest BCUT2D eigenvalue weighted by atomic mass is 9.96. The van der Waals surface area contributed by atoms with E-state index in [1.54, 1.807) is 12.1 Å². The number of hydrogen-bond donors (Lipinski definition) is 2. The van der Waals surface area contributed by atoms with E-state index < -0.39 is 5.97 Å². The Balaban J connectivity index is 0.00000210. The van der Waals surface area contributed by atoms with Crippen molar-refractivity contribution in [1.82, 2.24) is 9.97 Å². The highest BCUT2D eigenvalue weighted by Crippen LogP contribution is 2.30. The van der Waals surface area contributed by atoms with E-state index in [0.717, 1.165) is 22.3 Å². The second kappa shape index (κ2) is 7.56. The molecule has 1 fully saturated rings. The van der Waals surface area contributed by atoms with Gasteiger partial charge in [-0.3, -0.25) is 4.79 Å². The lowest BCUT2D eigenvalue weighted by Gasteiger charge is -2.32. The lowest BCUT2D eigenvalue weighted by molar-refractivity contribution is -0.142. The Morgan fingerprint density at radius 2 is 1.96 bits per heavy atom. The molecule has 1 saturated heterocycles. The van der Waals surface area contributed by atoms with Crippen LogP contribution >= 0.6 is 12.4 Å². The molecule has 1 aliphatic heterocycles. The molecule has 5 nitrogen and oxygen atoms in total. The average Bonchev–Trinajstić information content (AvgIpc) is 3.05. The number of halogens is 2. The van der Waals surface area contributed by atoms with Gasteiger partial charge in [0, 0.05) is 18.8 Å². The van der Waals surface area contributed by atoms with Gasteiger partial charge in [-0.1, -0.05) is 6.07 Å². The first-order valence-electron chi connectivity index (χ1n) is 8.75. The predicted molar refractivity (Wildman–Crippen MR) is 106 cm³/mol. The first-order valence-corrected chi connectivity index (χ1v) is 8.75. The van der Waals surface area contributed by atoms with E-state index in [4.69, 9.17) is 5.11 Å². The van der Waals surface area contributed by atoms with Crippen molar-refractivity contribution in [2.24, 2.45) is 5.92 Å². The van der Waals surface area contributed by atoms with Crippen LogP contribution in [0.1, 0.15) is 18.4 Å². The number of carboxylic acids is 1. The molecule has 0 saturated carbocycles. The minimum Gasteiger partial charge on any atom is -0.481 e. The molecular weight excluding hydrogens is 369 g/mol. The summed E-state index contributed by atoms with van der Waals surface area (Å²) >= 11 is 0. The fourth-order valence-electron chi connectivity index (χ4n) is 3.53. The van der Waals surface area contributed by atoms with E-state index in [1.165, 1.54) is 6.07 Å². The normalized spacial score (nSPS) is 15.0. The third-order valence-electron chi connectivity index (χ3n) is 5.05. The summed E-state index contributed by atoms with van der Waals surface area (Å²) in [6.45, 7) is 3.31. The molecule has 1 aliphatic rings. The van der Waals surface area contributed by atoms with E-state index >= 15 is 0 Å². The van der Waals surface area contributed by atoms with Gasteiger partial charge in [-0.25, -0.2) is 9.37 Å². The van der Waals surface area contributed by atoms with Crippen LogP contribution in [0.25, 0.3) is 22.4 Å². The van der Waals surface area contributed by atoms with Gasteiger partial charge < -0.3 is 15.0 Å². The number of nitrogens with zero attached hydrogens (tertiary/aromatic N) is 2. The number of nitrogens with one attached hydrogen (secondary N) is 1. The molecule has 27 heavy (non-hydrogen) atoms. The fraction of sp³-hybridized carbons (Fsp3) is 0.300. The molecule has 2 N–H and O–H groups in total. The van der Waals surface area contributed by atoms with Crippen LogP contribution in [-0.4, -0.2) is 34.1 Å². The maximum Gasteiger partial charge on any atom is 0.306 e. The second-order valence-electron chi connectivity index (χ2n) is 6.87. The van der Waals surface area contributed by atoms with E-state index in [-0.39, 0.29) is 24.1 Å². The van der Waals surface area contributed by atoms with Crippen LogP contribution in [0.15, 0.2) is 36.4 Å². The van der Waals surface area contributed by atoms with Crippen LogP contribution in [0, 0.1) is 18.7 Å². The molecule has 0 unspecified atom stereocenters. The second-order valence-corrected chi connectivity index (χ2v) is 6.87. The predicted octanol–water partition coefficient (Wildman–Crippen LogP) is 4.40. The Hall–Kier alpha value is -2.60. The number of anilines is 1. The maximum atomic E-state index is 14.4. The van der Waals surface area contributed by atoms with Crippen LogP contribution < -0.4 is 4.90 Å². The maximum absolute atomic E-state index is 14.4. The fourth-order valence-corrected chi connectivity index (χ4v) is 3.53. The molecule has 4 rings (SSSR count). The minimum atomic E-state index is -0.734. The van der Waals surface area contributed by atoms with Gasteiger partial charge in [0.25, 0.3) is 0 Å². The van der Waals surface area contributed by atoms with Crippen molar-refractivity contribution in [3.63, 3.8) is 0 Å². The monoisotopic (exact) mass is 389 g/mol. The Kier molecular flexibility index (Phi) is 5.37. The number of carboxylic acid groups (broad SMARTS) is 1. The zero-order valence-electron chi connectivity index (χ0n) is 14.9. The number of aryl methyl sites for hydroxylation is 1. The number of carbonyl (C=O) groups is 1. The first kappa shape index (κ1) is 19.2. The summed E-state index contributed by atoms with van der Waals surface area (Å²) in [4.78, 5) is 20.9. The zero-order valence-corrected chi connectivity index (χ0v) is 15.7. The van der Waals surface area contributed by atoms with Crippen molar-refractivity contribution in [1.29, 1.82) is 0 Å². The van der Waals surface area contributed by atoms with Crippen LogP contribution in [0.4, 0.5) is 10.1 Å². The van der Waals surface area contributed by atoms with Gasteiger partial charge in [-0.05, 0) is 55.7 Å². The molecule has 0 spiro atoms. The number of piperidine rings is 1. The third-order valence-corrected chi connectivity index (χ3v) is 5.05. The quantitative estimate of drug-likeness (QED) is 0.696. The van der Waals surface area contributed by atoms with Gasteiger partial charge in [0.1, 0.15) is 11.6 Å². The third kappa shape index (κ3) is 3.76. The molecular formula is C20H21ClFN3O2. The van der Waals surface area contributed by atoms with Gasteiger partial charge in [-0.2, -0.15) is 0 Å². The van der Waals surface area contributed by atoms with E-state index in [1.807, 2.05) is 25.1 Å². The molecule has 0 amide bonds. The zero-order chi connectivity index (χ0) is 18.3. The number of aromatic nitrogens is 2. The van der Waals surface area contributed by atoms with Crippen LogP contribution in [0.5, 0.6) is 0 Å². The molecule has 1 aromatic heterocycles. The number of hydrogen-bond acceptors (Lipinski definition) is 3. The molecule has 0 radical (unpaired) electrons. The molecule has 2 aromatic carbocycles. The highest BCUT2D eigenvalue weighted by molar-refractivity contribution is 5.85. The van der Waals surface area contributed by atoms with Crippen LogP contribution in [0.3, 0.4) is 0 Å². The smallest absolute Gasteiger partial charge is 0.306 e. The number of H-pyrrole nitrogens is 1. The van der Waals surface area contributed by atoms with Gasteiger partial charge >= 0.3 is 5.97 Å². The summed E-state index contributed by atoms with van der Waals surface area (Å²) < 4.78 is 14.4. The summed E-state index contributed by atoms with van der Waals surface area (Å²) in [6.07, 6.45) is 1.21. The molecule has 7 heteroatoms. The van der Waals surface area contributed by atoms with Crippen molar-refractivity contribution in [3.05, 3.63) is 47.8 Å². The number of fused-ring (bicyclic) bond motifs is 1. The van der Waals surface area contributed by atoms with Crippen molar-refractivity contribution in [2.45, 2.75) is 19.8 Å². The Bertz CT molecular complexity index is 981. The van der Waals surface area contributed by atoms with E-state index in [0.29, 0.717) is 37.3 Å². The number of aliphatic carboxylic acids is 1. The molecule has 0 atom stereocenters. The van der Waals surface area contributed by atoms with Crippen LogP contribution in [-0.2, 0) is 4.79 Å². The number of aromatic amines is 1. The molecule has 0 aliphatic carbocycles. The summed E-state index contributed by atoms with van der Waals surface area (Å²) in [5, 5.41) is 9.13. The topological polar surface area (TPSA) is 69.2 Å². The van der Waals surface area contributed by atoms with Gasteiger partial charge in [0.15, 0.2) is 0 Å². The minimum absolute atomic E-state index is 0. The largest absolute Gasteiger partial charge is 0.481 e. The standard InChI is InChI=1S/C20H20FN3O2.ClH/c1-12-2-5-17-18(10-12)23-19(22-17)15-11-14(3-4-16(15)21)24-8-6-13(7-9-24)20(25)26;/h2-5,10-11,13H,6-9H2,1H3,(H,22,23)(H,25,26);1H. The lowest BCUT2D eigenvalue weighted by Crippen LogP contribution is -2.36. The molecule has 3 aromatic rings. The molecule has 142 valence electrons. The summed E-state index contributed by atoms with van der Waals surface area (Å²) in [5.41, 5.74) is 4.12. The van der Waals surface area contributed by atoms with Gasteiger partial charge in [0.2, 0.25) is 0 Å². The summed E-state index contributed by atoms with van der Waals surface area (Å²) in [7, 11) is 0. The van der Waals surface area contributed by atoms with E-state index in [2.05, 4.69) is 14.9 Å². The highest BCUT2D eigenvalue weighted by Gasteiger charge is 2.25. The number of rotatable bonds is 3. The molecule has 0 bridgehead atoms. The van der Waals surface area contributed by atoms with Crippen LogP contribution in [0.2, 0.25) is 0 Å². The van der Waals surface area contributed by atoms with Crippen molar-refractivity contribution in [3.8, 4) is 11.4 Å². The van der Waals surface area contributed by atoms with Crippen molar-refractivity contribution in [2.75, 3.05) is 18.0 Å². The van der Waals surface area contributed by atoms with Gasteiger partial charge in [-0.15, -0.1) is 12.4 Å². The highest BCUT2D eigenvalue weighted by atomic mass is 35.5. The average molecular weight is 390 g/mol. The Morgan fingerprint density at radius 3 is 2.67 bits per heavy atom. The van der Waals surface area contributed by atoms with Gasteiger partial charge in [0.05, 0.1) is 22.5 Å². The summed E-state index contributed by atoms with van der Waals surface area (Å²) in [5.74, 6) is -0.845. The SMILES string of the molecule is Cc1ccc2nc(-c3cc(N4CCC(C(=O)O)CC4)ccc3F)[nH]c2c1.Cl. The first-order chi connectivity index (χ1) is 12.5. The Labute approximate surface area is 162 Å². The van der Waals surface area contributed by atoms with E-state index in [9.17, 15) is 9.18 Å². The van der Waals surface area contributed by atoms with Crippen molar-refractivity contribution < 1.29 is 14.3 Å².